The molecule has 0 spiro atoms. The molecule has 0 aromatic heterocycles. The lowest BCUT2D eigenvalue weighted by molar-refractivity contribution is -0.123. The van der Waals surface area contributed by atoms with E-state index in [0.717, 1.165) is 11.7 Å². The van der Waals surface area contributed by atoms with Crippen LogP contribution in [0.1, 0.15) is 76.0 Å². The molecular formula is C24H34N2OS. The van der Waals surface area contributed by atoms with Gasteiger partial charge in [-0.05, 0) is 65.0 Å². The fourth-order valence-corrected chi connectivity index (χ4v) is 6.92. The highest BCUT2D eigenvalue weighted by Gasteiger charge is 2.51. The molecule has 28 heavy (non-hydrogen) atoms. The lowest BCUT2D eigenvalue weighted by Gasteiger charge is -2.55. The lowest BCUT2D eigenvalue weighted by Crippen LogP contribution is -2.50. The number of fused-ring (bicyclic) bond motifs is 3. The predicted molar refractivity (Wildman–Crippen MR) is 119 cm³/mol. The number of hydrogen-bond acceptors (Lipinski definition) is 3. The average molecular weight is 399 g/mol. The molecule has 1 heterocycles. The summed E-state index contributed by atoms with van der Waals surface area (Å²) in [6, 6.07) is 7.27. The van der Waals surface area contributed by atoms with Gasteiger partial charge in [0.1, 0.15) is 0 Å². The lowest BCUT2D eigenvalue weighted by atomic mass is 9.50. The van der Waals surface area contributed by atoms with Gasteiger partial charge >= 0.3 is 0 Å². The van der Waals surface area contributed by atoms with Gasteiger partial charge in [-0.1, -0.05) is 64.1 Å². The van der Waals surface area contributed by atoms with Gasteiger partial charge in [0.15, 0.2) is 5.17 Å². The first-order valence-electron chi connectivity index (χ1n) is 10.8. The first kappa shape index (κ1) is 20.0. The number of hydrogen-bond donors (Lipinski definition) is 0. The zero-order chi connectivity index (χ0) is 20.1. The SMILES string of the molecule is CC(C)c1ccc2c(c1)CC[C@H]1[C@](C)(CN=C3SCC(=O)N3C)CCC[C@]21C. The summed E-state index contributed by atoms with van der Waals surface area (Å²) in [5.41, 5.74) is 5.10. The van der Waals surface area contributed by atoms with Gasteiger partial charge in [0.05, 0.1) is 5.75 Å². The Kier molecular flexibility index (Phi) is 5.14. The van der Waals surface area contributed by atoms with E-state index in [9.17, 15) is 4.79 Å². The van der Waals surface area contributed by atoms with Gasteiger partial charge in [-0.2, -0.15) is 0 Å². The van der Waals surface area contributed by atoms with Crippen LogP contribution in [-0.4, -0.2) is 35.3 Å². The molecule has 1 saturated heterocycles. The molecule has 1 aromatic rings. The number of aryl methyl sites for hydroxylation is 1. The summed E-state index contributed by atoms with van der Waals surface area (Å²) in [5, 5.41) is 0.913. The molecule has 4 rings (SSSR count). The van der Waals surface area contributed by atoms with Crippen molar-refractivity contribution < 1.29 is 4.79 Å². The number of thioether (sulfide) groups is 1. The third kappa shape index (κ3) is 3.22. The van der Waals surface area contributed by atoms with Crippen LogP contribution in [0.2, 0.25) is 0 Å². The molecule has 1 saturated carbocycles. The standard InChI is InChI=1S/C24H34N2OS/c1-16(2)17-7-9-19-18(13-17)8-10-20-23(3,11-6-12-24(19,20)4)15-25-22-26(5)21(27)14-28-22/h7,9,13,16,20H,6,8,10-12,14-15H2,1-5H3/t20-,23-,24+/m0/s1. The van der Waals surface area contributed by atoms with Gasteiger partial charge in [-0.3, -0.25) is 14.7 Å². The van der Waals surface area contributed by atoms with Crippen LogP contribution < -0.4 is 0 Å². The number of benzene rings is 1. The zero-order valence-electron chi connectivity index (χ0n) is 18.0. The Balaban J connectivity index is 1.63. The van der Waals surface area contributed by atoms with Crippen LogP contribution >= 0.6 is 11.8 Å². The van der Waals surface area contributed by atoms with Gasteiger partial charge in [-0.15, -0.1) is 0 Å². The monoisotopic (exact) mass is 398 g/mol. The summed E-state index contributed by atoms with van der Waals surface area (Å²) in [5.74, 6) is 1.96. The van der Waals surface area contributed by atoms with E-state index in [-0.39, 0.29) is 16.7 Å². The van der Waals surface area contributed by atoms with Crippen molar-refractivity contribution >= 4 is 22.8 Å². The second kappa shape index (κ2) is 7.19. The summed E-state index contributed by atoms with van der Waals surface area (Å²) >= 11 is 1.59. The average Bonchev–Trinajstić information content (AvgIpc) is 2.98. The van der Waals surface area contributed by atoms with Crippen molar-refractivity contribution in [3.63, 3.8) is 0 Å². The number of nitrogens with zero attached hydrogens (tertiary/aromatic N) is 2. The topological polar surface area (TPSA) is 32.7 Å². The summed E-state index contributed by atoms with van der Waals surface area (Å²) in [6.45, 7) is 10.4. The summed E-state index contributed by atoms with van der Waals surface area (Å²) in [4.78, 5) is 18.5. The molecule has 3 aliphatic rings. The van der Waals surface area contributed by atoms with Crippen molar-refractivity contribution in [1.82, 2.24) is 4.90 Å². The molecule has 3 nitrogen and oxygen atoms in total. The number of aliphatic imine (C=N–C) groups is 1. The van der Waals surface area contributed by atoms with Crippen LogP contribution in [0.4, 0.5) is 0 Å². The van der Waals surface area contributed by atoms with Crippen molar-refractivity contribution in [1.29, 1.82) is 0 Å². The van der Waals surface area contributed by atoms with Gasteiger partial charge in [0, 0.05) is 13.6 Å². The third-order valence-corrected chi connectivity index (χ3v) is 8.78. The van der Waals surface area contributed by atoms with Crippen molar-refractivity contribution in [3.05, 3.63) is 34.9 Å². The zero-order valence-corrected chi connectivity index (χ0v) is 18.9. The molecule has 0 N–H and O–H groups in total. The van der Waals surface area contributed by atoms with Crippen LogP contribution in [-0.2, 0) is 16.6 Å². The highest BCUT2D eigenvalue weighted by Crippen LogP contribution is 2.57. The largest absolute Gasteiger partial charge is 0.294 e. The molecule has 152 valence electrons. The van der Waals surface area contributed by atoms with Crippen LogP contribution in [0.3, 0.4) is 0 Å². The minimum Gasteiger partial charge on any atom is -0.294 e. The van der Waals surface area contributed by atoms with E-state index in [0.29, 0.717) is 17.6 Å². The molecule has 0 unspecified atom stereocenters. The Morgan fingerprint density at radius 1 is 1.29 bits per heavy atom. The second-order valence-electron chi connectivity index (χ2n) is 9.93. The summed E-state index contributed by atoms with van der Waals surface area (Å²) < 4.78 is 0. The first-order chi connectivity index (χ1) is 13.2. The van der Waals surface area contributed by atoms with Crippen molar-refractivity contribution in [2.45, 2.75) is 71.1 Å². The molecule has 1 amide bonds. The number of carbonyl (C=O) groups excluding carboxylic acids is 1. The van der Waals surface area contributed by atoms with Crippen molar-refractivity contribution in [3.8, 4) is 0 Å². The third-order valence-electron chi connectivity index (χ3n) is 7.73. The second-order valence-corrected chi connectivity index (χ2v) is 10.9. The molecule has 0 radical (unpaired) electrons. The Morgan fingerprint density at radius 2 is 2.07 bits per heavy atom. The highest BCUT2D eigenvalue weighted by atomic mass is 32.2. The molecule has 4 heteroatoms. The maximum atomic E-state index is 11.8. The van der Waals surface area contributed by atoms with Gasteiger partial charge < -0.3 is 0 Å². The Bertz CT molecular complexity index is 817. The minimum absolute atomic E-state index is 0.176. The minimum atomic E-state index is 0.176. The molecule has 2 aliphatic carbocycles. The molecule has 0 bridgehead atoms. The molecule has 2 fully saturated rings. The van der Waals surface area contributed by atoms with Gasteiger partial charge in [0.2, 0.25) is 5.91 Å². The highest BCUT2D eigenvalue weighted by molar-refractivity contribution is 8.15. The van der Waals surface area contributed by atoms with Gasteiger partial charge in [0.25, 0.3) is 0 Å². The van der Waals surface area contributed by atoms with Gasteiger partial charge in [-0.25, -0.2) is 0 Å². The normalized spacial score (nSPS) is 34.1. The Hall–Kier alpha value is -1.29. The molecule has 1 aromatic carbocycles. The quantitative estimate of drug-likeness (QED) is 0.684. The number of amides is 1. The smallest absolute Gasteiger partial charge is 0.238 e. The van der Waals surface area contributed by atoms with E-state index < -0.39 is 0 Å². The van der Waals surface area contributed by atoms with Crippen molar-refractivity contribution in [2.24, 2.45) is 16.3 Å². The molecular weight excluding hydrogens is 364 g/mol. The van der Waals surface area contributed by atoms with E-state index in [4.69, 9.17) is 4.99 Å². The maximum Gasteiger partial charge on any atom is 0.238 e. The van der Waals surface area contributed by atoms with E-state index in [1.807, 2.05) is 7.05 Å². The fraction of sp³-hybridized carbons (Fsp3) is 0.667. The van der Waals surface area contributed by atoms with Crippen LogP contribution in [0.5, 0.6) is 0 Å². The summed E-state index contributed by atoms with van der Waals surface area (Å²) in [7, 11) is 1.86. The fourth-order valence-electron chi connectivity index (χ4n) is 6.02. The van der Waals surface area contributed by atoms with Crippen molar-refractivity contribution in [2.75, 3.05) is 19.3 Å². The molecule has 3 atom stereocenters. The number of carbonyl (C=O) groups is 1. The Labute approximate surface area is 174 Å². The van der Waals surface area contributed by atoms with Crippen LogP contribution in [0.25, 0.3) is 0 Å². The Morgan fingerprint density at radius 3 is 2.75 bits per heavy atom. The van der Waals surface area contributed by atoms with E-state index in [1.165, 1.54) is 37.7 Å². The van der Waals surface area contributed by atoms with Crippen LogP contribution in [0.15, 0.2) is 23.2 Å². The van der Waals surface area contributed by atoms with E-state index >= 15 is 0 Å². The molecule has 1 aliphatic heterocycles. The number of amidine groups is 1. The number of rotatable bonds is 3. The van der Waals surface area contributed by atoms with E-state index in [2.05, 4.69) is 45.9 Å². The van der Waals surface area contributed by atoms with E-state index in [1.54, 1.807) is 27.8 Å². The maximum absolute atomic E-state index is 11.8. The predicted octanol–water partition coefficient (Wildman–Crippen LogP) is 5.38. The van der Waals surface area contributed by atoms with Crippen LogP contribution in [0, 0.1) is 11.3 Å². The first-order valence-corrected chi connectivity index (χ1v) is 11.8. The summed E-state index contributed by atoms with van der Waals surface area (Å²) in [6.07, 6.45) is 6.24.